The normalized spacial score (nSPS) is 18.9. The van der Waals surface area contributed by atoms with Crippen LogP contribution in [-0.2, 0) is 72.0 Å². The zero-order valence-electron chi connectivity index (χ0n) is 48.9. The molecule has 3 aliphatic rings. The number of nitrogens with two attached hydrogens (primary N) is 2. The number of carboxylic acid groups (broad SMARTS) is 1. The molecule has 3 aromatic rings. The van der Waals surface area contributed by atoms with E-state index in [0.29, 0.717) is 41.9 Å². The molecule has 0 bridgehead atoms. The number of amides is 10. The van der Waals surface area contributed by atoms with E-state index in [1.807, 2.05) is 12.3 Å². The minimum absolute atomic E-state index is 0.0197. The minimum atomic E-state index is -1.46. The van der Waals surface area contributed by atoms with Gasteiger partial charge in [-0.05, 0) is 117 Å². The number of likely N-dealkylation sites (tertiary alicyclic amines) is 3. The van der Waals surface area contributed by atoms with Crippen molar-refractivity contribution in [2.24, 2.45) is 11.5 Å². The van der Waals surface area contributed by atoms with E-state index in [2.05, 4.69) is 31.9 Å². The Morgan fingerprint density at radius 3 is 1.49 bits per heavy atom. The molecule has 10 amide bonds. The number of phenolic OH excluding ortho intramolecular Hbond substituents is 1. The van der Waals surface area contributed by atoms with Crippen molar-refractivity contribution in [2.75, 3.05) is 50.3 Å². The molecule has 0 saturated carbocycles. The van der Waals surface area contributed by atoms with Gasteiger partial charge in [-0.15, -0.1) is 0 Å². The van der Waals surface area contributed by atoms with Crippen LogP contribution in [0.2, 0.25) is 0 Å². The summed E-state index contributed by atoms with van der Waals surface area (Å²) >= 11 is 2.78. The molecular weight excluding hydrogens is 1160 g/mol. The summed E-state index contributed by atoms with van der Waals surface area (Å²) in [6, 6.07) is 11.3. The van der Waals surface area contributed by atoms with Crippen LogP contribution in [0, 0.1) is 0 Å². The van der Waals surface area contributed by atoms with Crippen molar-refractivity contribution in [3.63, 3.8) is 0 Å². The van der Waals surface area contributed by atoms with Crippen LogP contribution in [0.3, 0.4) is 0 Å². The molecule has 3 saturated heterocycles. The van der Waals surface area contributed by atoms with Crippen LogP contribution in [0.4, 0.5) is 0 Å². The molecule has 0 unspecified atom stereocenters. The first-order chi connectivity index (χ1) is 41.7. The highest BCUT2D eigenvalue weighted by molar-refractivity contribution is 7.98. The van der Waals surface area contributed by atoms with Crippen molar-refractivity contribution in [1.82, 2.24) is 46.6 Å². The predicted molar refractivity (Wildman–Crippen MR) is 325 cm³/mol. The average molecular weight is 1240 g/mol. The van der Waals surface area contributed by atoms with E-state index in [0.717, 1.165) is 5.56 Å². The Morgan fingerprint density at radius 2 is 0.943 bits per heavy atom. The number of carboxylic acids is 1. The number of rotatable bonds is 32. The zero-order chi connectivity index (χ0) is 63.2. The first-order valence-electron chi connectivity index (χ1n) is 29.2. The molecule has 3 fully saturated rings. The Balaban J connectivity index is 1.13. The molecule has 10 atom stereocenters. The van der Waals surface area contributed by atoms with Gasteiger partial charge in [0.25, 0.3) is 0 Å². The third-order valence-electron chi connectivity index (χ3n) is 15.6. The van der Waals surface area contributed by atoms with Gasteiger partial charge < -0.3 is 73.4 Å². The van der Waals surface area contributed by atoms with Gasteiger partial charge in [0.2, 0.25) is 59.1 Å². The highest BCUT2D eigenvalue weighted by Gasteiger charge is 2.45. The number of carbonyl (C=O) groups is 11. The third kappa shape index (κ3) is 19.9. The summed E-state index contributed by atoms with van der Waals surface area (Å²) < 4.78 is 0. The summed E-state index contributed by atoms with van der Waals surface area (Å²) in [5, 5.41) is 45.9. The van der Waals surface area contributed by atoms with Gasteiger partial charge in [-0.3, -0.25) is 47.9 Å². The lowest BCUT2D eigenvalue weighted by molar-refractivity contribution is -0.148. The molecule has 25 nitrogen and oxygen atoms in total. The fourth-order valence-electron chi connectivity index (χ4n) is 10.9. The van der Waals surface area contributed by atoms with E-state index >= 15 is 0 Å². The molecule has 27 heteroatoms. The van der Waals surface area contributed by atoms with Crippen LogP contribution in [-0.4, -0.2) is 206 Å². The number of phenols is 1. The topological polar surface area (TPSA) is 382 Å². The Bertz CT molecular complexity index is 2880. The van der Waals surface area contributed by atoms with E-state index < -0.39 is 132 Å². The monoisotopic (exact) mass is 1240 g/mol. The van der Waals surface area contributed by atoms with E-state index in [-0.39, 0.29) is 89.6 Å². The summed E-state index contributed by atoms with van der Waals surface area (Å²) in [6.07, 6.45) is 4.94. The van der Waals surface area contributed by atoms with E-state index in [4.69, 9.17) is 11.5 Å². The largest absolute Gasteiger partial charge is 0.508 e. The quantitative estimate of drug-likeness (QED) is 0.0375. The molecule has 13 N–H and O–H groups in total. The number of aliphatic carboxylic acids is 1. The van der Waals surface area contributed by atoms with Crippen LogP contribution >= 0.6 is 23.5 Å². The van der Waals surface area contributed by atoms with Gasteiger partial charge in [0.05, 0.1) is 12.6 Å². The standard InChI is InChI=1S/C60H81N11O14S2/c1-86-30-25-42(53(77)66-44(33-37-14-7-4-8-15-37)58(82)69-27-9-16-47(69)56(80)67-45(60(84)85)34-38-19-21-39(73)22-20-38)63-52(76)41(23-24-50(62)74)64-55(79)48-17-10-28-70(48)59(83)49-18-11-29-71(49)57(81)43(26-31-87-2)65-54(78)46(35-72)68-51(75)40(61)32-36-12-5-3-6-13-36/h3-8,12-15,19-22,40-49,72-73H,9-11,16-18,23-35,61H2,1-2H3,(H2,62,74)(H,63,76)(H,64,79)(H,65,78)(H,66,77)(H,67,80)(H,68,75)(H,84,85)/t40-,41-,42-,43-,44-,45-,46-,47-,48-,49-/m0/s1. The fourth-order valence-corrected chi connectivity index (χ4v) is 11.9. The number of aromatic hydroxyl groups is 1. The predicted octanol–water partition coefficient (Wildman–Crippen LogP) is -0.522. The summed E-state index contributed by atoms with van der Waals surface area (Å²) in [6.45, 7) is -0.410. The van der Waals surface area contributed by atoms with Gasteiger partial charge in [-0.2, -0.15) is 23.5 Å². The number of carbonyl (C=O) groups excluding carboxylic acids is 10. The zero-order valence-corrected chi connectivity index (χ0v) is 50.6. The second-order valence-electron chi connectivity index (χ2n) is 21.9. The lowest BCUT2D eigenvalue weighted by Gasteiger charge is -2.33. The third-order valence-corrected chi connectivity index (χ3v) is 16.9. The van der Waals surface area contributed by atoms with E-state index in [9.17, 15) is 68.1 Å². The Morgan fingerprint density at radius 1 is 0.517 bits per heavy atom. The molecule has 0 aliphatic carbocycles. The number of nitrogens with one attached hydrogen (secondary N) is 6. The lowest BCUT2D eigenvalue weighted by atomic mass is 10.0. The molecular formula is C60H81N11O14S2. The van der Waals surface area contributed by atoms with E-state index in [1.54, 1.807) is 60.9 Å². The smallest absolute Gasteiger partial charge is 0.326 e. The first-order valence-corrected chi connectivity index (χ1v) is 32.0. The lowest BCUT2D eigenvalue weighted by Crippen LogP contribution is -2.60. The SMILES string of the molecule is CSCC[C@H](NC(=O)[C@H](CCC(N)=O)NC(=O)[C@@H]1CCCN1C(=O)[C@@H]1CCCN1C(=O)[C@H](CCSC)NC(=O)[C@H](CO)NC(=O)[C@@H](N)Cc1ccccc1)C(=O)N[C@@H](Cc1ccccc1)C(=O)N1CCC[C@H]1C(=O)N[C@@H](Cc1ccc(O)cc1)C(=O)O. The van der Waals surface area contributed by atoms with Crippen LogP contribution in [0.5, 0.6) is 5.75 Å². The van der Waals surface area contributed by atoms with Gasteiger partial charge in [0.15, 0.2) is 0 Å². The van der Waals surface area contributed by atoms with Crippen molar-refractivity contribution in [3.8, 4) is 5.75 Å². The van der Waals surface area contributed by atoms with Gasteiger partial charge in [-0.1, -0.05) is 72.8 Å². The number of nitrogens with zero attached hydrogens (tertiary/aromatic N) is 3. The number of benzene rings is 3. The van der Waals surface area contributed by atoms with Crippen molar-refractivity contribution in [3.05, 3.63) is 102 Å². The maximum absolute atomic E-state index is 14.7. The Kier molecular flexibility index (Phi) is 26.7. The minimum Gasteiger partial charge on any atom is -0.508 e. The summed E-state index contributed by atoms with van der Waals surface area (Å²) in [5.41, 5.74) is 13.6. The molecule has 6 rings (SSSR count). The van der Waals surface area contributed by atoms with Crippen LogP contribution in [0.15, 0.2) is 84.9 Å². The molecule has 0 spiro atoms. The molecule has 0 aromatic heterocycles. The number of aliphatic hydroxyl groups excluding tert-OH is 1. The van der Waals surface area contributed by atoms with Gasteiger partial charge in [0, 0.05) is 38.9 Å². The van der Waals surface area contributed by atoms with Gasteiger partial charge >= 0.3 is 5.97 Å². The van der Waals surface area contributed by atoms with Crippen LogP contribution < -0.4 is 43.4 Å². The summed E-state index contributed by atoms with van der Waals surface area (Å²) in [5.74, 6) is -7.73. The molecule has 3 heterocycles. The van der Waals surface area contributed by atoms with Crippen LogP contribution in [0.1, 0.15) is 80.9 Å². The fraction of sp³-hybridized carbons (Fsp3) is 0.517. The van der Waals surface area contributed by atoms with Crippen LogP contribution in [0.25, 0.3) is 0 Å². The summed E-state index contributed by atoms with van der Waals surface area (Å²) in [7, 11) is 0. The summed E-state index contributed by atoms with van der Waals surface area (Å²) in [4.78, 5) is 156. The van der Waals surface area contributed by atoms with Crippen molar-refractivity contribution >= 4 is 88.6 Å². The second kappa shape index (κ2) is 34.0. The molecule has 87 heavy (non-hydrogen) atoms. The highest BCUT2D eigenvalue weighted by atomic mass is 32.2. The number of hydrogen-bond donors (Lipinski definition) is 11. The van der Waals surface area contributed by atoms with Gasteiger partial charge in [0.1, 0.15) is 60.1 Å². The molecule has 472 valence electrons. The van der Waals surface area contributed by atoms with Crippen molar-refractivity contribution < 1.29 is 68.1 Å². The van der Waals surface area contributed by atoms with E-state index in [1.165, 1.54) is 62.5 Å². The Hall–Kier alpha value is -7.75. The Labute approximate surface area is 514 Å². The maximum Gasteiger partial charge on any atom is 0.326 e. The number of primary amides is 1. The van der Waals surface area contributed by atoms with Crippen molar-refractivity contribution in [2.45, 2.75) is 144 Å². The average Bonchev–Trinajstić information content (AvgIpc) is 2.44. The highest BCUT2D eigenvalue weighted by Crippen LogP contribution is 2.27. The molecule has 3 aromatic carbocycles. The van der Waals surface area contributed by atoms with Gasteiger partial charge in [-0.25, -0.2) is 4.79 Å². The molecule has 3 aliphatic heterocycles. The maximum atomic E-state index is 14.7. The number of aliphatic hydroxyl groups is 1. The van der Waals surface area contributed by atoms with Crippen molar-refractivity contribution in [1.29, 1.82) is 0 Å². The second-order valence-corrected chi connectivity index (χ2v) is 23.9. The number of thioether (sulfide) groups is 2. The molecule has 0 radical (unpaired) electrons. The first kappa shape index (κ1) is 68.4. The number of hydrogen-bond acceptors (Lipinski definition) is 16.